The molecule has 0 bridgehead atoms. The molecule has 1 unspecified atom stereocenters. The second-order valence-corrected chi connectivity index (χ2v) is 6.11. The van der Waals surface area contributed by atoms with Crippen LogP contribution in [0.4, 0.5) is 0 Å². The van der Waals surface area contributed by atoms with Crippen LogP contribution in [0.2, 0.25) is 0 Å². The van der Waals surface area contributed by atoms with Crippen molar-refractivity contribution in [2.75, 3.05) is 0 Å². The Morgan fingerprint density at radius 1 is 0.952 bits per heavy atom. The third-order valence-electron chi connectivity index (χ3n) is 4.81. The minimum absolute atomic E-state index is 0.465. The molecule has 2 aromatic rings. The van der Waals surface area contributed by atoms with E-state index in [1.54, 1.807) is 0 Å². The van der Waals surface area contributed by atoms with Crippen LogP contribution < -0.4 is 0 Å². The predicted octanol–water partition coefficient (Wildman–Crippen LogP) is 5.41. The van der Waals surface area contributed by atoms with E-state index in [9.17, 15) is 5.11 Å². The Morgan fingerprint density at radius 2 is 1.67 bits per heavy atom. The smallest absolute Gasteiger partial charge is 0.0773 e. The maximum atomic E-state index is 10.3. The fourth-order valence-corrected chi connectivity index (χ4v) is 3.38. The summed E-state index contributed by atoms with van der Waals surface area (Å²) < 4.78 is 0. The Balaban J connectivity index is 2.28. The molecule has 0 aromatic heterocycles. The van der Waals surface area contributed by atoms with Gasteiger partial charge in [-0.3, -0.25) is 0 Å². The molecule has 108 valence electrons. The van der Waals surface area contributed by atoms with Crippen molar-refractivity contribution in [3.63, 3.8) is 0 Å². The molecule has 21 heavy (non-hydrogen) atoms. The van der Waals surface area contributed by atoms with Crippen LogP contribution in [0.15, 0.2) is 53.1 Å². The molecule has 0 spiro atoms. The Morgan fingerprint density at radius 3 is 2.29 bits per heavy atom. The first-order valence-electron chi connectivity index (χ1n) is 7.57. The summed E-state index contributed by atoms with van der Waals surface area (Å²) in [5, 5.41) is 12.7. The zero-order valence-corrected chi connectivity index (χ0v) is 13.2. The number of aliphatic hydroxyl groups excluding tert-OH is 1. The lowest BCUT2D eigenvalue weighted by molar-refractivity contribution is 0.200. The van der Waals surface area contributed by atoms with E-state index in [1.807, 2.05) is 19.1 Å². The molecule has 0 saturated heterocycles. The molecule has 0 heterocycles. The molecule has 2 aromatic carbocycles. The van der Waals surface area contributed by atoms with Crippen LogP contribution in [0, 0.1) is 0 Å². The number of allylic oxidation sites excluding steroid dienone is 4. The van der Waals surface area contributed by atoms with E-state index >= 15 is 0 Å². The monoisotopic (exact) mass is 278 g/mol. The van der Waals surface area contributed by atoms with E-state index in [0.29, 0.717) is 0 Å². The molecular formula is C20H22O. The van der Waals surface area contributed by atoms with E-state index in [2.05, 4.69) is 45.0 Å². The molecule has 1 aliphatic carbocycles. The summed E-state index contributed by atoms with van der Waals surface area (Å²) in [6.45, 7) is 8.46. The van der Waals surface area contributed by atoms with Crippen LogP contribution in [0.25, 0.3) is 16.3 Å². The highest BCUT2D eigenvalue weighted by Gasteiger charge is 2.21. The third kappa shape index (κ3) is 2.22. The molecule has 0 saturated carbocycles. The Bertz CT molecular complexity index is 776. The van der Waals surface area contributed by atoms with Gasteiger partial charge in [0, 0.05) is 0 Å². The first-order valence-corrected chi connectivity index (χ1v) is 7.57. The van der Waals surface area contributed by atoms with Gasteiger partial charge in [-0.15, -0.1) is 0 Å². The van der Waals surface area contributed by atoms with Crippen LogP contribution in [-0.2, 0) is 0 Å². The highest BCUT2D eigenvalue weighted by atomic mass is 16.3. The number of aliphatic hydroxyl groups is 1. The maximum absolute atomic E-state index is 10.3. The van der Waals surface area contributed by atoms with Crippen molar-refractivity contribution in [3.8, 4) is 0 Å². The van der Waals surface area contributed by atoms with Crippen LogP contribution in [0.1, 0.15) is 51.3 Å². The van der Waals surface area contributed by atoms with Gasteiger partial charge in [0.25, 0.3) is 0 Å². The second-order valence-electron chi connectivity index (χ2n) is 6.11. The fourth-order valence-electron chi connectivity index (χ4n) is 3.38. The van der Waals surface area contributed by atoms with E-state index in [1.165, 1.54) is 33.2 Å². The van der Waals surface area contributed by atoms with Gasteiger partial charge in [-0.2, -0.15) is 0 Å². The minimum atomic E-state index is -0.465. The minimum Gasteiger partial charge on any atom is -0.389 e. The lowest BCUT2D eigenvalue weighted by atomic mass is 9.89. The van der Waals surface area contributed by atoms with Crippen molar-refractivity contribution < 1.29 is 5.11 Å². The van der Waals surface area contributed by atoms with Gasteiger partial charge in [0.2, 0.25) is 0 Å². The fraction of sp³-hybridized carbons (Fsp3) is 0.300. The van der Waals surface area contributed by atoms with Gasteiger partial charge in [-0.05, 0) is 72.7 Å². The first kappa shape index (κ1) is 14.1. The lowest BCUT2D eigenvalue weighted by Crippen LogP contribution is -2.00. The SMILES string of the molecule is CC1=C(C)C(C)=C(c2ccc3ccccc3c2C(C)O)C1. The van der Waals surface area contributed by atoms with Gasteiger partial charge in [0.15, 0.2) is 0 Å². The number of fused-ring (bicyclic) bond motifs is 1. The van der Waals surface area contributed by atoms with E-state index in [-0.39, 0.29) is 0 Å². The van der Waals surface area contributed by atoms with Gasteiger partial charge in [-0.1, -0.05) is 42.0 Å². The van der Waals surface area contributed by atoms with E-state index < -0.39 is 6.10 Å². The second kappa shape index (κ2) is 5.16. The number of rotatable bonds is 2. The Kier molecular flexibility index (Phi) is 3.46. The zero-order valence-electron chi connectivity index (χ0n) is 13.2. The standard InChI is InChI=1S/C20H22O/c1-12-11-19(14(3)13(12)2)18-10-9-16-7-5-6-8-17(16)20(18)15(4)21/h5-10,15,21H,11H2,1-4H3. The molecule has 0 aliphatic heterocycles. The molecule has 1 heteroatoms. The van der Waals surface area contributed by atoms with Crippen molar-refractivity contribution in [2.24, 2.45) is 0 Å². The summed E-state index contributed by atoms with van der Waals surface area (Å²) >= 11 is 0. The normalized spacial score (nSPS) is 17.0. The Hall–Kier alpha value is -1.86. The Labute approximate surface area is 126 Å². The maximum Gasteiger partial charge on any atom is 0.0773 e. The molecular weight excluding hydrogens is 256 g/mol. The molecule has 1 nitrogen and oxygen atoms in total. The lowest BCUT2D eigenvalue weighted by Gasteiger charge is -2.17. The number of hydrogen-bond donors (Lipinski definition) is 1. The van der Waals surface area contributed by atoms with Gasteiger partial charge >= 0.3 is 0 Å². The molecule has 0 radical (unpaired) electrons. The van der Waals surface area contributed by atoms with Crippen molar-refractivity contribution in [1.29, 1.82) is 0 Å². The predicted molar refractivity (Wildman–Crippen MR) is 90.2 cm³/mol. The van der Waals surface area contributed by atoms with Gasteiger partial charge < -0.3 is 5.11 Å². The van der Waals surface area contributed by atoms with E-state index in [0.717, 1.165) is 17.4 Å². The van der Waals surface area contributed by atoms with Gasteiger partial charge in [0.05, 0.1) is 6.10 Å². The average Bonchev–Trinajstić information content (AvgIpc) is 2.73. The third-order valence-corrected chi connectivity index (χ3v) is 4.81. The summed E-state index contributed by atoms with van der Waals surface area (Å²) in [6, 6.07) is 12.6. The van der Waals surface area contributed by atoms with Crippen LogP contribution in [0.5, 0.6) is 0 Å². The van der Waals surface area contributed by atoms with Crippen molar-refractivity contribution in [3.05, 3.63) is 64.2 Å². The summed E-state index contributed by atoms with van der Waals surface area (Å²) in [6.07, 6.45) is 0.531. The molecule has 3 rings (SSSR count). The molecule has 1 N–H and O–H groups in total. The average molecular weight is 278 g/mol. The molecule has 1 atom stereocenters. The molecule has 0 amide bonds. The van der Waals surface area contributed by atoms with E-state index in [4.69, 9.17) is 0 Å². The molecule has 1 aliphatic rings. The largest absolute Gasteiger partial charge is 0.389 e. The first-order chi connectivity index (χ1) is 10.0. The van der Waals surface area contributed by atoms with Crippen molar-refractivity contribution in [1.82, 2.24) is 0 Å². The van der Waals surface area contributed by atoms with Crippen molar-refractivity contribution >= 4 is 16.3 Å². The number of benzene rings is 2. The summed E-state index contributed by atoms with van der Waals surface area (Å²) in [5.41, 5.74) is 7.83. The van der Waals surface area contributed by atoms with Crippen molar-refractivity contribution in [2.45, 2.75) is 40.2 Å². The highest BCUT2D eigenvalue weighted by Crippen LogP contribution is 2.41. The van der Waals surface area contributed by atoms with Crippen LogP contribution >= 0.6 is 0 Å². The van der Waals surface area contributed by atoms with Crippen LogP contribution in [0.3, 0.4) is 0 Å². The summed E-state index contributed by atoms with van der Waals surface area (Å²) in [4.78, 5) is 0. The topological polar surface area (TPSA) is 20.2 Å². The number of hydrogen-bond acceptors (Lipinski definition) is 1. The quantitative estimate of drug-likeness (QED) is 0.779. The molecule has 0 fully saturated rings. The zero-order chi connectivity index (χ0) is 15.1. The summed E-state index contributed by atoms with van der Waals surface area (Å²) in [5.74, 6) is 0. The van der Waals surface area contributed by atoms with Gasteiger partial charge in [0.1, 0.15) is 0 Å². The van der Waals surface area contributed by atoms with Gasteiger partial charge in [-0.25, -0.2) is 0 Å². The summed E-state index contributed by atoms with van der Waals surface area (Å²) in [7, 11) is 0. The highest BCUT2D eigenvalue weighted by molar-refractivity contribution is 5.92. The van der Waals surface area contributed by atoms with Crippen LogP contribution in [-0.4, -0.2) is 5.11 Å².